The van der Waals surface area contributed by atoms with Gasteiger partial charge in [0.05, 0.1) is 11.7 Å². The summed E-state index contributed by atoms with van der Waals surface area (Å²) in [5.41, 5.74) is 6.82. The van der Waals surface area contributed by atoms with Crippen LogP contribution in [0.1, 0.15) is 57.2 Å². The first-order valence-electron chi connectivity index (χ1n) is 7.89. The fourth-order valence-electron chi connectivity index (χ4n) is 3.16. The van der Waals surface area contributed by atoms with E-state index in [1.165, 1.54) is 50.7 Å². The first-order chi connectivity index (χ1) is 10.1. The van der Waals surface area contributed by atoms with Crippen molar-refractivity contribution in [2.24, 2.45) is 0 Å². The summed E-state index contributed by atoms with van der Waals surface area (Å²) in [5, 5.41) is 4.88. The predicted octanol–water partition coefficient (Wildman–Crippen LogP) is 4.26. The van der Waals surface area contributed by atoms with Crippen molar-refractivity contribution in [3.05, 3.63) is 50.0 Å². The maximum absolute atomic E-state index is 4.94. The largest absolute Gasteiger partial charge is 0.305 e. The molecule has 0 fully saturated rings. The van der Waals surface area contributed by atoms with Gasteiger partial charge in [0.2, 0.25) is 0 Å². The fraction of sp³-hybridized carbons (Fsp3) is 0.500. The Labute approximate surface area is 131 Å². The normalized spacial score (nSPS) is 15.2. The van der Waals surface area contributed by atoms with Gasteiger partial charge in [-0.2, -0.15) is 0 Å². The van der Waals surface area contributed by atoms with Gasteiger partial charge >= 0.3 is 0 Å². The molecule has 21 heavy (non-hydrogen) atoms. The summed E-state index contributed by atoms with van der Waals surface area (Å²) < 4.78 is 0. The second-order valence-electron chi connectivity index (χ2n) is 6.06. The lowest BCUT2D eigenvalue weighted by Crippen LogP contribution is -2.23. The Morgan fingerprint density at radius 2 is 1.90 bits per heavy atom. The average Bonchev–Trinajstić information content (AvgIpc) is 3.01. The number of thiazole rings is 1. The number of hydrogen-bond acceptors (Lipinski definition) is 3. The molecule has 1 aromatic heterocycles. The minimum atomic E-state index is 0.241. The Bertz CT molecular complexity index is 636. The number of aromatic nitrogens is 1. The van der Waals surface area contributed by atoms with Crippen LogP contribution in [0, 0.1) is 20.8 Å². The second kappa shape index (κ2) is 5.90. The number of hydrogen-bond donors (Lipinski definition) is 1. The fourth-order valence-corrected chi connectivity index (χ4v) is 4.41. The van der Waals surface area contributed by atoms with E-state index in [9.17, 15) is 0 Å². The number of nitrogens with one attached hydrogen (secondary N) is 1. The van der Waals surface area contributed by atoms with Crippen LogP contribution in [0.3, 0.4) is 0 Å². The van der Waals surface area contributed by atoms with Crippen molar-refractivity contribution in [1.29, 1.82) is 0 Å². The van der Waals surface area contributed by atoms with Crippen molar-refractivity contribution in [1.82, 2.24) is 10.3 Å². The zero-order valence-corrected chi connectivity index (χ0v) is 14.2. The number of benzene rings is 1. The minimum Gasteiger partial charge on any atom is -0.305 e. The SMILES string of the molecule is CCNC(c1nc2c(s1)CCC2)c1cc(C)c(C)cc1C. The summed E-state index contributed by atoms with van der Waals surface area (Å²) >= 11 is 1.91. The van der Waals surface area contributed by atoms with Gasteiger partial charge in [-0.15, -0.1) is 11.3 Å². The third-order valence-electron chi connectivity index (χ3n) is 4.46. The smallest absolute Gasteiger partial charge is 0.115 e. The summed E-state index contributed by atoms with van der Waals surface area (Å²) in [5.74, 6) is 0. The molecule has 1 heterocycles. The van der Waals surface area contributed by atoms with Crippen LogP contribution in [0.15, 0.2) is 12.1 Å². The lowest BCUT2D eigenvalue weighted by Gasteiger charge is -2.20. The van der Waals surface area contributed by atoms with E-state index in [0.29, 0.717) is 0 Å². The minimum absolute atomic E-state index is 0.241. The molecule has 1 aliphatic carbocycles. The molecule has 0 spiro atoms. The summed E-state index contributed by atoms with van der Waals surface area (Å²) in [6.45, 7) is 9.73. The molecule has 2 nitrogen and oxygen atoms in total. The third-order valence-corrected chi connectivity index (χ3v) is 5.68. The molecule has 3 rings (SSSR count). The van der Waals surface area contributed by atoms with Gasteiger partial charge in [0.15, 0.2) is 0 Å². The molecule has 0 radical (unpaired) electrons. The zero-order chi connectivity index (χ0) is 15.0. The predicted molar refractivity (Wildman–Crippen MR) is 90.3 cm³/mol. The standard InChI is InChI=1S/C18H24N2S/c1-5-19-17(14-10-12(3)11(2)9-13(14)4)18-20-15-7-6-8-16(15)21-18/h9-10,17,19H,5-8H2,1-4H3. The van der Waals surface area contributed by atoms with Crippen molar-refractivity contribution >= 4 is 11.3 Å². The third kappa shape index (κ3) is 2.77. The first-order valence-corrected chi connectivity index (χ1v) is 8.71. The van der Waals surface area contributed by atoms with Crippen molar-refractivity contribution in [2.75, 3.05) is 6.54 Å². The van der Waals surface area contributed by atoms with E-state index in [2.05, 4.69) is 45.1 Å². The van der Waals surface area contributed by atoms with Crippen molar-refractivity contribution in [2.45, 2.75) is 53.0 Å². The Hall–Kier alpha value is -1.19. The van der Waals surface area contributed by atoms with Gasteiger partial charge in [-0.1, -0.05) is 19.1 Å². The van der Waals surface area contributed by atoms with E-state index in [0.717, 1.165) is 13.0 Å². The van der Waals surface area contributed by atoms with Crippen LogP contribution < -0.4 is 5.32 Å². The van der Waals surface area contributed by atoms with Crippen LogP contribution in [-0.2, 0) is 12.8 Å². The molecule has 0 amide bonds. The highest BCUT2D eigenvalue weighted by atomic mass is 32.1. The summed E-state index contributed by atoms with van der Waals surface area (Å²) in [4.78, 5) is 6.44. The van der Waals surface area contributed by atoms with E-state index in [1.54, 1.807) is 0 Å². The molecule has 1 atom stereocenters. The van der Waals surface area contributed by atoms with E-state index >= 15 is 0 Å². The van der Waals surface area contributed by atoms with Gasteiger partial charge < -0.3 is 5.32 Å². The molecule has 0 aliphatic heterocycles. The lowest BCUT2D eigenvalue weighted by molar-refractivity contribution is 0.621. The van der Waals surface area contributed by atoms with Crippen LogP contribution in [0.5, 0.6) is 0 Å². The van der Waals surface area contributed by atoms with Crippen LogP contribution in [0.25, 0.3) is 0 Å². The van der Waals surface area contributed by atoms with Crippen molar-refractivity contribution in [3.63, 3.8) is 0 Å². The van der Waals surface area contributed by atoms with Gasteiger partial charge in [-0.05, 0) is 68.8 Å². The molecule has 112 valence electrons. The van der Waals surface area contributed by atoms with Gasteiger partial charge in [-0.3, -0.25) is 0 Å². The van der Waals surface area contributed by atoms with Crippen LogP contribution in [0.4, 0.5) is 0 Å². The monoisotopic (exact) mass is 300 g/mol. The van der Waals surface area contributed by atoms with Crippen LogP contribution in [-0.4, -0.2) is 11.5 Å². The topological polar surface area (TPSA) is 24.9 Å². The van der Waals surface area contributed by atoms with Gasteiger partial charge in [0.25, 0.3) is 0 Å². The number of rotatable bonds is 4. The molecule has 1 aromatic carbocycles. The maximum Gasteiger partial charge on any atom is 0.115 e. The quantitative estimate of drug-likeness (QED) is 0.913. The van der Waals surface area contributed by atoms with E-state index in [-0.39, 0.29) is 6.04 Å². The lowest BCUT2D eigenvalue weighted by atomic mass is 9.96. The summed E-state index contributed by atoms with van der Waals surface area (Å²) in [6, 6.07) is 4.88. The van der Waals surface area contributed by atoms with E-state index < -0.39 is 0 Å². The molecule has 0 bridgehead atoms. The second-order valence-corrected chi connectivity index (χ2v) is 7.17. The Kier molecular flexibility index (Phi) is 4.14. The molecule has 0 saturated heterocycles. The number of aryl methyl sites for hydroxylation is 5. The molecule has 3 heteroatoms. The van der Waals surface area contributed by atoms with Crippen molar-refractivity contribution < 1.29 is 0 Å². The van der Waals surface area contributed by atoms with E-state index in [1.807, 2.05) is 11.3 Å². The maximum atomic E-state index is 4.94. The number of nitrogens with zero attached hydrogens (tertiary/aromatic N) is 1. The van der Waals surface area contributed by atoms with Gasteiger partial charge in [0, 0.05) is 4.88 Å². The molecular formula is C18H24N2S. The molecule has 0 saturated carbocycles. The summed E-state index contributed by atoms with van der Waals surface area (Å²) in [7, 11) is 0. The van der Waals surface area contributed by atoms with E-state index in [4.69, 9.17) is 4.98 Å². The zero-order valence-electron chi connectivity index (χ0n) is 13.4. The molecule has 1 unspecified atom stereocenters. The average molecular weight is 300 g/mol. The summed E-state index contributed by atoms with van der Waals surface area (Å²) in [6.07, 6.45) is 3.66. The Balaban J connectivity index is 2.03. The van der Waals surface area contributed by atoms with Gasteiger partial charge in [0.1, 0.15) is 5.01 Å². The Morgan fingerprint density at radius 1 is 1.14 bits per heavy atom. The highest BCUT2D eigenvalue weighted by molar-refractivity contribution is 7.11. The Morgan fingerprint density at radius 3 is 2.62 bits per heavy atom. The van der Waals surface area contributed by atoms with Gasteiger partial charge in [-0.25, -0.2) is 4.98 Å². The van der Waals surface area contributed by atoms with Crippen LogP contribution in [0.2, 0.25) is 0 Å². The molecular weight excluding hydrogens is 276 g/mol. The highest BCUT2D eigenvalue weighted by Crippen LogP contribution is 2.34. The molecule has 1 aliphatic rings. The molecule has 2 aromatic rings. The van der Waals surface area contributed by atoms with Crippen LogP contribution >= 0.6 is 11.3 Å². The highest BCUT2D eigenvalue weighted by Gasteiger charge is 2.24. The molecule has 1 N–H and O–H groups in total. The first kappa shape index (κ1) is 14.7. The number of fused-ring (bicyclic) bond motifs is 1. The van der Waals surface area contributed by atoms with Crippen molar-refractivity contribution in [3.8, 4) is 0 Å².